The number of carboxylic acids is 1. The van der Waals surface area contributed by atoms with Crippen LogP contribution in [0.5, 0.6) is 0 Å². The molecule has 0 bridgehead atoms. The van der Waals surface area contributed by atoms with Crippen LogP contribution in [-0.2, 0) is 15.0 Å². The second-order valence-electron chi connectivity index (χ2n) is 4.42. The number of carbonyl (C=O) groups is 1. The van der Waals surface area contributed by atoms with Gasteiger partial charge in [-0.15, -0.1) is 11.3 Å². The molecule has 7 nitrogen and oxygen atoms in total. The lowest BCUT2D eigenvalue weighted by molar-refractivity contribution is -0.137. The summed E-state index contributed by atoms with van der Waals surface area (Å²) in [4.78, 5) is 14.6. The van der Waals surface area contributed by atoms with Gasteiger partial charge in [0.05, 0.1) is 12.1 Å². The van der Waals surface area contributed by atoms with Gasteiger partial charge in [0.25, 0.3) is 0 Å². The van der Waals surface area contributed by atoms with E-state index in [1.165, 1.54) is 18.4 Å². The zero-order chi connectivity index (χ0) is 14.0. The largest absolute Gasteiger partial charge is 0.481 e. The number of rotatable bonds is 7. The maximum Gasteiger partial charge on any atom is 0.304 e. The highest BCUT2D eigenvalue weighted by molar-refractivity contribution is 7.90. The molecule has 0 spiro atoms. The van der Waals surface area contributed by atoms with Gasteiger partial charge in [-0.2, -0.15) is 12.7 Å². The first kappa shape index (κ1) is 14.2. The van der Waals surface area contributed by atoms with Gasteiger partial charge in [-0.3, -0.25) is 4.79 Å². The van der Waals surface area contributed by atoms with E-state index in [1.807, 2.05) is 5.38 Å². The normalized spacial score (nSPS) is 15.7. The Balaban J connectivity index is 1.96. The van der Waals surface area contributed by atoms with Crippen molar-refractivity contribution >= 4 is 32.6 Å². The van der Waals surface area contributed by atoms with Crippen molar-refractivity contribution < 1.29 is 18.3 Å². The van der Waals surface area contributed by atoms with Crippen molar-refractivity contribution in [2.24, 2.45) is 0 Å². The van der Waals surface area contributed by atoms with Gasteiger partial charge in [-0.25, -0.2) is 9.71 Å². The minimum absolute atomic E-state index is 0.0779. The lowest BCUT2D eigenvalue weighted by atomic mass is 10.3. The summed E-state index contributed by atoms with van der Waals surface area (Å²) < 4.78 is 27.1. The molecule has 0 aliphatic heterocycles. The Hall–Kier alpha value is -1.19. The van der Waals surface area contributed by atoms with E-state index >= 15 is 0 Å². The Morgan fingerprint density at radius 2 is 2.32 bits per heavy atom. The summed E-state index contributed by atoms with van der Waals surface area (Å²) in [6, 6.07) is 0. The molecule has 1 aliphatic rings. The van der Waals surface area contributed by atoms with E-state index in [-0.39, 0.29) is 13.0 Å². The molecule has 1 aromatic heterocycles. The lowest BCUT2D eigenvalue weighted by Crippen LogP contribution is -2.34. The molecule has 1 aromatic rings. The Kier molecular flexibility index (Phi) is 4.07. The first-order valence-electron chi connectivity index (χ1n) is 5.80. The molecular formula is C10H15N3O4S2. The second-order valence-corrected chi connectivity index (χ2v) is 7.06. The monoisotopic (exact) mass is 305 g/mol. The number of nitrogens with one attached hydrogen (secondary N) is 1. The van der Waals surface area contributed by atoms with Crippen LogP contribution in [0.4, 0.5) is 5.13 Å². The molecular weight excluding hydrogens is 290 g/mol. The van der Waals surface area contributed by atoms with Gasteiger partial charge >= 0.3 is 16.2 Å². The maximum atomic E-state index is 11.9. The highest BCUT2D eigenvalue weighted by Gasteiger charge is 2.27. The van der Waals surface area contributed by atoms with Gasteiger partial charge < -0.3 is 5.11 Å². The number of nitrogens with zero attached hydrogens (tertiary/aromatic N) is 2. The topological polar surface area (TPSA) is 99.6 Å². The van der Waals surface area contributed by atoms with Crippen molar-refractivity contribution in [3.05, 3.63) is 11.1 Å². The van der Waals surface area contributed by atoms with Crippen molar-refractivity contribution in [1.82, 2.24) is 9.29 Å². The molecule has 106 valence electrons. The predicted molar refractivity (Wildman–Crippen MR) is 71.5 cm³/mol. The van der Waals surface area contributed by atoms with Crippen molar-refractivity contribution in [2.75, 3.05) is 18.3 Å². The van der Waals surface area contributed by atoms with Crippen LogP contribution >= 0.6 is 11.3 Å². The first-order chi connectivity index (χ1) is 8.88. The summed E-state index contributed by atoms with van der Waals surface area (Å²) in [5.74, 6) is -0.563. The Morgan fingerprint density at radius 3 is 2.89 bits per heavy atom. The summed E-state index contributed by atoms with van der Waals surface area (Å²) in [7, 11) is -2.40. The molecule has 1 fully saturated rings. The number of thiazole rings is 1. The van der Waals surface area contributed by atoms with Crippen LogP contribution < -0.4 is 4.72 Å². The number of carboxylic acid groups (broad SMARTS) is 1. The number of hydrogen-bond acceptors (Lipinski definition) is 5. The first-order valence-corrected chi connectivity index (χ1v) is 8.12. The molecule has 0 unspecified atom stereocenters. The second kappa shape index (κ2) is 5.43. The van der Waals surface area contributed by atoms with E-state index in [0.717, 1.165) is 22.8 Å². The molecule has 1 saturated carbocycles. The molecule has 0 radical (unpaired) electrons. The molecule has 9 heteroatoms. The fourth-order valence-corrected chi connectivity index (χ4v) is 3.36. The zero-order valence-corrected chi connectivity index (χ0v) is 12.0. The van der Waals surface area contributed by atoms with E-state index in [1.54, 1.807) is 0 Å². The Morgan fingerprint density at radius 1 is 1.63 bits per heavy atom. The zero-order valence-electron chi connectivity index (χ0n) is 10.4. The van der Waals surface area contributed by atoms with Crippen LogP contribution in [0.3, 0.4) is 0 Å². The number of aromatic nitrogens is 1. The third-order valence-electron chi connectivity index (χ3n) is 2.78. The van der Waals surface area contributed by atoms with Crippen LogP contribution in [0.2, 0.25) is 0 Å². The highest BCUT2D eigenvalue weighted by Crippen LogP contribution is 2.40. The molecule has 2 rings (SSSR count). The van der Waals surface area contributed by atoms with Crippen LogP contribution in [0.25, 0.3) is 0 Å². The van der Waals surface area contributed by atoms with Gasteiger partial charge in [0.2, 0.25) is 0 Å². The number of anilines is 1. The molecule has 2 N–H and O–H groups in total. The fraction of sp³-hybridized carbons (Fsp3) is 0.600. The summed E-state index contributed by atoms with van der Waals surface area (Å²) in [6.07, 6.45) is 1.98. The smallest absolute Gasteiger partial charge is 0.304 e. The van der Waals surface area contributed by atoms with Crippen molar-refractivity contribution in [2.45, 2.75) is 25.2 Å². The number of hydrogen-bond donors (Lipinski definition) is 2. The van der Waals surface area contributed by atoms with Gasteiger partial charge in [0.1, 0.15) is 0 Å². The van der Waals surface area contributed by atoms with Gasteiger partial charge in [-0.05, 0) is 12.8 Å². The molecule has 0 atom stereocenters. The van der Waals surface area contributed by atoms with E-state index < -0.39 is 16.2 Å². The summed E-state index contributed by atoms with van der Waals surface area (Å²) in [5.41, 5.74) is 0.927. The number of aliphatic carboxylic acids is 1. The van der Waals surface area contributed by atoms with Gasteiger partial charge in [-0.1, -0.05) is 0 Å². The van der Waals surface area contributed by atoms with Gasteiger partial charge in [0.15, 0.2) is 5.13 Å². The maximum absolute atomic E-state index is 11.9. The van der Waals surface area contributed by atoms with Crippen LogP contribution in [0.1, 0.15) is 30.9 Å². The third kappa shape index (κ3) is 3.88. The molecule has 1 heterocycles. The SMILES string of the molecule is CN(CCC(=O)O)S(=O)(=O)Nc1nc(C2CC2)cs1. The quantitative estimate of drug-likeness (QED) is 0.785. The summed E-state index contributed by atoms with van der Waals surface area (Å²) >= 11 is 1.24. The van der Waals surface area contributed by atoms with Crippen molar-refractivity contribution in [3.63, 3.8) is 0 Å². The van der Waals surface area contributed by atoms with E-state index in [9.17, 15) is 13.2 Å². The Labute approximate surface area is 115 Å². The molecule has 1 aliphatic carbocycles. The van der Waals surface area contributed by atoms with Crippen LogP contribution in [0, 0.1) is 0 Å². The minimum atomic E-state index is -3.73. The van der Waals surface area contributed by atoms with Crippen LogP contribution in [0.15, 0.2) is 5.38 Å². The highest BCUT2D eigenvalue weighted by atomic mass is 32.2. The Bertz CT molecular complexity index is 565. The molecule has 19 heavy (non-hydrogen) atoms. The third-order valence-corrected chi connectivity index (χ3v) is 5.14. The predicted octanol–water partition coefficient (Wildman–Crippen LogP) is 1.08. The van der Waals surface area contributed by atoms with Crippen LogP contribution in [-0.4, -0.2) is 42.4 Å². The van der Waals surface area contributed by atoms with E-state index in [0.29, 0.717) is 11.0 Å². The summed E-state index contributed by atoms with van der Waals surface area (Å²) in [6.45, 7) is -0.0779. The van der Waals surface area contributed by atoms with E-state index in [4.69, 9.17) is 5.11 Å². The molecule has 0 amide bonds. The standard InChI is InChI=1S/C10H15N3O4S2/c1-13(5-4-9(14)15)19(16,17)12-10-11-8(6-18-10)7-2-3-7/h6-7H,2-5H2,1H3,(H,11,12)(H,14,15). The molecule has 0 saturated heterocycles. The minimum Gasteiger partial charge on any atom is -0.481 e. The van der Waals surface area contributed by atoms with Gasteiger partial charge in [0, 0.05) is 24.9 Å². The summed E-state index contributed by atoms with van der Waals surface area (Å²) in [5, 5.41) is 10.7. The average molecular weight is 305 g/mol. The van der Waals surface area contributed by atoms with Crippen molar-refractivity contribution in [3.8, 4) is 0 Å². The van der Waals surface area contributed by atoms with Crippen molar-refractivity contribution in [1.29, 1.82) is 0 Å². The molecule has 0 aromatic carbocycles. The lowest BCUT2D eigenvalue weighted by Gasteiger charge is -2.15. The fourth-order valence-electron chi connectivity index (χ4n) is 1.46. The average Bonchev–Trinajstić information content (AvgIpc) is 3.07. The van der Waals surface area contributed by atoms with E-state index in [2.05, 4.69) is 9.71 Å².